The lowest BCUT2D eigenvalue weighted by Crippen LogP contribution is -2.29. The Hall–Kier alpha value is -3.66. The molecule has 1 aromatic heterocycles. The third-order valence-electron chi connectivity index (χ3n) is 6.36. The quantitative estimate of drug-likeness (QED) is 0.0517. The van der Waals surface area contributed by atoms with Crippen LogP contribution in [0.3, 0.4) is 0 Å². The molecular formula is C30H26ClN3O4S2. The molecule has 4 aromatic rings. The minimum atomic E-state index is -0.865. The second-order valence-electron chi connectivity index (χ2n) is 9.04. The van der Waals surface area contributed by atoms with Crippen molar-refractivity contribution in [2.45, 2.75) is 35.9 Å². The van der Waals surface area contributed by atoms with E-state index in [1.54, 1.807) is 24.3 Å². The minimum absolute atomic E-state index is 0.00341. The molecule has 10 heteroatoms. The van der Waals surface area contributed by atoms with Gasteiger partial charge in [0, 0.05) is 16.3 Å². The number of thioether (sulfide) groups is 1. The number of nitrogens with zero attached hydrogens (tertiary/aromatic N) is 3. The number of aromatic nitrogens is 2. The zero-order valence-corrected chi connectivity index (χ0v) is 24.0. The average molecular weight is 592 g/mol. The molecule has 1 N–H and O–H groups in total. The standard InChI is InChI=1S/C30H26ClN3O4S2/c1-2-3-17-38-22-15-13-20(14-16-22)26(35)24-25(19-9-5-4-6-10-19)34(28(37)27(24)36)29-32-33-30(40-29)39-18-21-11-7-8-12-23(21)31/h4-16,25,35H,2-3,17-18H2,1H3. The summed E-state index contributed by atoms with van der Waals surface area (Å²) >= 11 is 8.94. The second-order valence-corrected chi connectivity index (χ2v) is 11.6. The van der Waals surface area contributed by atoms with Gasteiger partial charge >= 0.3 is 5.91 Å². The lowest BCUT2D eigenvalue weighted by molar-refractivity contribution is -0.132. The number of halogens is 1. The Morgan fingerprint density at radius 2 is 1.75 bits per heavy atom. The van der Waals surface area contributed by atoms with E-state index in [9.17, 15) is 14.7 Å². The molecule has 0 spiro atoms. The van der Waals surface area contributed by atoms with Crippen LogP contribution in [0.1, 0.15) is 42.5 Å². The molecule has 0 aliphatic carbocycles. The second kappa shape index (κ2) is 12.7. The van der Waals surface area contributed by atoms with E-state index in [1.807, 2.05) is 54.6 Å². The van der Waals surface area contributed by atoms with Crippen LogP contribution in [0.25, 0.3) is 5.76 Å². The monoisotopic (exact) mass is 591 g/mol. The molecule has 1 aliphatic heterocycles. The number of carbonyl (C=O) groups excluding carboxylic acids is 2. The summed E-state index contributed by atoms with van der Waals surface area (Å²) < 4.78 is 6.34. The summed E-state index contributed by atoms with van der Waals surface area (Å²) in [7, 11) is 0. The molecule has 7 nitrogen and oxygen atoms in total. The van der Waals surface area contributed by atoms with Crippen LogP contribution in [0.2, 0.25) is 5.02 Å². The topological polar surface area (TPSA) is 92.6 Å². The molecule has 0 saturated carbocycles. The molecule has 1 saturated heterocycles. The normalized spacial score (nSPS) is 16.4. The van der Waals surface area contributed by atoms with Crippen molar-refractivity contribution in [1.29, 1.82) is 0 Å². The summed E-state index contributed by atoms with van der Waals surface area (Å²) in [5.41, 5.74) is 2.03. The largest absolute Gasteiger partial charge is 0.507 e. The summed E-state index contributed by atoms with van der Waals surface area (Å²) in [6.07, 6.45) is 1.96. The molecule has 40 heavy (non-hydrogen) atoms. The number of anilines is 1. The number of rotatable bonds is 10. The van der Waals surface area contributed by atoms with Crippen molar-refractivity contribution in [3.8, 4) is 5.75 Å². The first-order valence-corrected chi connectivity index (χ1v) is 14.9. The van der Waals surface area contributed by atoms with Crippen LogP contribution >= 0.6 is 34.7 Å². The lowest BCUT2D eigenvalue weighted by atomic mass is 9.95. The average Bonchev–Trinajstić information content (AvgIpc) is 3.55. The summed E-state index contributed by atoms with van der Waals surface area (Å²) in [6, 6.07) is 22.7. The van der Waals surface area contributed by atoms with Gasteiger partial charge in [-0.05, 0) is 47.9 Å². The van der Waals surface area contributed by atoms with E-state index in [0.717, 1.165) is 18.4 Å². The van der Waals surface area contributed by atoms with Crippen molar-refractivity contribution < 1.29 is 19.4 Å². The molecule has 5 rings (SSSR count). The highest BCUT2D eigenvalue weighted by Gasteiger charge is 2.48. The van der Waals surface area contributed by atoms with E-state index >= 15 is 0 Å². The maximum absolute atomic E-state index is 13.4. The number of aliphatic hydroxyl groups excluding tert-OH is 1. The van der Waals surface area contributed by atoms with E-state index in [1.165, 1.54) is 28.0 Å². The highest BCUT2D eigenvalue weighted by atomic mass is 35.5. The van der Waals surface area contributed by atoms with E-state index < -0.39 is 17.7 Å². The highest BCUT2D eigenvalue weighted by Crippen LogP contribution is 2.44. The highest BCUT2D eigenvalue weighted by molar-refractivity contribution is 8.00. The molecule has 1 amide bonds. The van der Waals surface area contributed by atoms with Crippen LogP contribution in [0.5, 0.6) is 5.75 Å². The van der Waals surface area contributed by atoms with Crippen molar-refractivity contribution in [3.63, 3.8) is 0 Å². The van der Waals surface area contributed by atoms with Gasteiger partial charge in [-0.3, -0.25) is 14.5 Å². The first-order chi connectivity index (χ1) is 19.5. The Balaban J connectivity index is 1.47. The third-order valence-corrected chi connectivity index (χ3v) is 8.84. The fourth-order valence-electron chi connectivity index (χ4n) is 4.29. The lowest BCUT2D eigenvalue weighted by Gasteiger charge is -2.22. The number of amides is 1. The number of hydrogen-bond donors (Lipinski definition) is 1. The minimum Gasteiger partial charge on any atom is -0.507 e. The summed E-state index contributed by atoms with van der Waals surface area (Å²) in [5.74, 6) is -0.565. The Labute approximate surface area is 245 Å². The molecule has 2 heterocycles. The van der Waals surface area contributed by atoms with Gasteiger partial charge in [0.05, 0.1) is 18.2 Å². The SMILES string of the molecule is CCCCOc1ccc(C(O)=C2C(=O)C(=O)N(c3nnc(SCc4ccccc4Cl)s3)C2c2ccccc2)cc1. The molecule has 0 bridgehead atoms. The van der Waals surface area contributed by atoms with Crippen molar-refractivity contribution in [2.75, 3.05) is 11.5 Å². The Kier molecular flexibility index (Phi) is 8.84. The van der Waals surface area contributed by atoms with Crippen LogP contribution in [0.15, 0.2) is 88.8 Å². The molecule has 1 atom stereocenters. The van der Waals surface area contributed by atoms with Crippen molar-refractivity contribution in [2.24, 2.45) is 0 Å². The van der Waals surface area contributed by atoms with E-state index in [0.29, 0.717) is 38.6 Å². The number of benzene rings is 3. The van der Waals surface area contributed by atoms with E-state index in [2.05, 4.69) is 17.1 Å². The van der Waals surface area contributed by atoms with Gasteiger partial charge in [0.1, 0.15) is 11.5 Å². The van der Waals surface area contributed by atoms with Gasteiger partial charge in [0.25, 0.3) is 5.78 Å². The number of unbranched alkanes of at least 4 members (excludes halogenated alkanes) is 1. The van der Waals surface area contributed by atoms with Gasteiger partial charge in [-0.2, -0.15) is 0 Å². The summed E-state index contributed by atoms with van der Waals surface area (Å²) in [6.45, 7) is 2.69. The number of aliphatic hydroxyl groups is 1. The zero-order chi connectivity index (χ0) is 28.1. The number of Topliss-reactive ketones (excluding diaryl/α,β-unsaturated/α-hetero) is 1. The Morgan fingerprint density at radius 3 is 2.48 bits per heavy atom. The first-order valence-electron chi connectivity index (χ1n) is 12.8. The summed E-state index contributed by atoms with van der Waals surface area (Å²) in [4.78, 5) is 28.1. The smallest absolute Gasteiger partial charge is 0.301 e. The predicted octanol–water partition coefficient (Wildman–Crippen LogP) is 7.29. The van der Waals surface area contributed by atoms with Crippen LogP contribution in [-0.2, 0) is 15.3 Å². The van der Waals surface area contributed by atoms with Gasteiger partial charge in [0.15, 0.2) is 4.34 Å². The number of carbonyl (C=O) groups is 2. The molecule has 0 radical (unpaired) electrons. The number of hydrogen-bond acceptors (Lipinski definition) is 8. The van der Waals surface area contributed by atoms with Gasteiger partial charge in [0.2, 0.25) is 5.13 Å². The zero-order valence-electron chi connectivity index (χ0n) is 21.6. The molecule has 1 unspecified atom stereocenters. The first kappa shape index (κ1) is 27.9. The molecule has 204 valence electrons. The molecular weight excluding hydrogens is 566 g/mol. The van der Waals surface area contributed by atoms with Crippen LogP contribution in [0, 0.1) is 0 Å². The molecule has 1 aliphatic rings. The maximum Gasteiger partial charge on any atom is 0.301 e. The number of ether oxygens (including phenoxy) is 1. The fourth-order valence-corrected chi connectivity index (χ4v) is 6.45. The van der Waals surface area contributed by atoms with Gasteiger partial charge in [-0.1, -0.05) is 96.6 Å². The Bertz CT molecular complexity index is 1540. The van der Waals surface area contributed by atoms with E-state index in [4.69, 9.17) is 16.3 Å². The van der Waals surface area contributed by atoms with Crippen molar-refractivity contribution in [1.82, 2.24) is 10.2 Å². The van der Waals surface area contributed by atoms with Crippen LogP contribution in [0.4, 0.5) is 5.13 Å². The van der Waals surface area contributed by atoms with E-state index in [-0.39, 0.29) is 16.5 Å². The third kappa shape index (κ3) is 5.91. The van der Waals surface area contributed by atoms with Gasteiger partial charge < -0.3 is 9.84 Å². The maximum atomic E-state index is 13.4. The van der Waals surface area contributed by atoms with Crippen LogP contribution < -0.4 is 9.64 Å². The number of ketones is 1. The van der Waals surface area contributed by atoms with Crippen molar-refractivity contribution in [3.05, 3.63) is 106 Å². The molecule has 3 aromatic carbocycles. The molecule has 1 fully saturated rings. The van der Waals surface area contributed by atoms with Gasteiger partial charge in [-0.25, -0.2) is 0 Å². The van der Waals surface area contributed by atoms with Crippen molar-refractivity contribution >= 4 is 57.3 Å². The summed E-state index contributed by atoms with van der Waals surface area (Å²) in [5, 5.41) is 20.8. The fraction of sp³-hybridized carbons (Fsp3) is 0.200. The van der Waals surface area contributed by atoms with Crippen LogP contribution in [-0.4, -0.2) is 33.6 Å². The predicted molar refractivity (Wildman–Crippen MR) is 159 cm³/mol. The van der Waals surface area contributed by atoms with Gasteiger partial charge in [-0.15, -0.1) is 10.2 Å². The Morgan fingerprint density at radius 1 is 1.02 bits per heavy atom.